The Morgan fingerprint density at radius 1 is 1.29 bits per heavy atom. The van der Waals surface area contributed by atoms with Gasteiger partial charge in [0, 0.05) is 32.2 Å². The van der Waals surface area contributed by atoms with Gasteiger partial charge in [0.2, 0.25) is 11.5 Å². The molecule has 0 radical (unpaired) electrons. The molecule has 8 heteroatoms. The number of nitrogens with zero attached hydrogens (tertiary/aromatic N) is 3. The molecule has 0 atom stereocenters. The number of anilines is 1. The van der Waals surface area contributed by atoms with E-state index in [2.05, 4.69) is 9.72 Å². The van der Waals surface area contributed by atoms with E-state index < -0.39 is 23.1 Å². The van der Waals surface area contributed by atoms with Crippen molar-refractivity contribution in [3.8, 4) is 6.07 Å². The van der Waals surface area contributed by atoms with E-state index in [4.69, 9.17) is 10.00 Å². The summed E-state index contributed by atoms with van der Waals surface area (Å²) in [5.74, 6) is -2.31. The number of hydrogen-bond acceptors (Lipinski definition) is 8. The Labute approximate surface area is 164 Å². The topological polar surface area (TPSA) is 113 Å². The van der Waals surface area contributed by atoms with Gasteiger partial charge in [-0.2, -0.15) is 5.26 Å². The number of rotatable bonds is 7. The predicted molar refractivity (Wildman–Crippen MR) is 103 cm³/mol. The fraction of sp³-hybridized carbons (Fsp3) is 0.400. The molecule has 1 aromatic heterocycles. The van der Waals surface area contributed by atoms with Gasteiger partial charge < -0.3 is 19.5 Å². The molecule has 150 valence electrons. The Balaban J connectivity index is 0.000000362. The molecule has 0 amide bonds. The number of nitriles is 1. The van der Waals surface area contributed by atoms with E-state index in [1.807, 2.05) is 38.1 Å². The summed E-state index contributed by atoms with van der Waals surface area (Å²) in [6.45, 7) is 3.94. The van der Waals surface area contributed by atoms with Gasteiger partial charge in [-0.15, -0.1) is 0 Å². The van der Waals surface area contributed by atoms with Gasteiger partial charge in [0.15, 0.2) is 11.3 Å². The second-order valence-electron chi connectivity index (χ2n) is 5.89. The monoisotopic (exact) mass is 387 g/mol. The molecule has 1 aliphatic rings. The van der Waals surface area contributed by atoms with Gasteiger partial charge in [-0.1, -0.05) is 13.3 Å². The van der Waals surface area contributed by atoms with Crippen LogP contribution in [0.2, 0.25) is 0 Å². The molecule has 0 spiro atoms. The highest BCUT2D eigenvalue weighted by Crippen LogP contribution is 2.32. The molecule has 1 heterocycles. The number of carbonyl (C=O) groups excluding carboxylic acids is 2. The van der Waals surface area contributed by atoms with Crippen molar-refractivity contribution in [1.82, 2.24) is 4.98 Å². The lowest BCUT2D eigenvalue weighted by Gasteiger charge is -2.22. The van der Waals surface area contributed by atoms with Crippen LogP contribution in [0.1, 0.15) is 26.7 Å². The third kappa shape index (κ3) is 5.84. The van der Waals surface area contributed by atoms with Crippen LogP contribution < -0.4 is 4.90 Å². The highest BCUT2D eigenvalue weighted by atomic mass is 16.5. The molecule has 0 fully saturated rings. The summed E-state index contributed by atoms with van der Waals surface area (Å²) in [6.07, 6.45) is 5.19. The number of aliphatic hydroxyl groups is 1. The van der Waals surface area contributed by atoms with Crippen molar-refractivity contribution in [2.24, 2.45) is 0 Å². The van der Waals surface area contributed by atoms with Gasteiger partial charge in [-0.25, -0.2) is 4.79 Å². The quantitative estimate of drug-likeness (QED) is 0.329. The van der Waals surface area contributed by atoms with Crippen LogP contribution in [0.15, 0.2) is 47.2 Å². The minimum absolute atomic E-state index is 0.0905. The lowest BCUT2D eigenvalue weighted by atomic mass is 9.91. The zero-order valence-corrected chi connectivity index (χ0v) is 16.6. The van der Waals surface area contributed by atoms with Crippen LogP contribution in [0, 0.1) is 11.3 Å². The number of aromatic nitrogens is 1. The minimum atomic E-state index is -0.891. The lowest BCUT2D eigenvalue weighted by molar-refractivity contribution is -0.138. The molecular weight excluding hydrogens is 362 g/mol. The van der Waals surface area contributed by atoms with E-state index in [-0.39, 0.29) is 17.9 Å². The van der Waals surface area contributed by atoms with Crippen LogP contribution in [-0.2, 0) is 19.1 Å². The molecule has 8 nitrogen and oxygen atoms in total. The van der Waals surface area contributed by atoms with E-state index in [9.17, 15) is 14.7 Å². The van der Waals surface area contributed by atoms with Gasteiger partial charge in [0.1, 0.15) is 6.07 Å². The molecule has 1 aromatic rings. The number of carbonyl (C=O) groups is 2. The normalized spacial score (nSPS) is 14.2. The Hall–Kier alpha value is -3.34. The Kier molecular flexibility index (Phi) is 9.23. The molecule has 0 aliphatic heterocycles. The van der Waals surface area contributed by atoms with Crippen molar-refractivity contribution in [3.05, 3.63) is 47.2 Å². The van der Waals surface area contributed by atoms with E-state index in [1.54, 1.807) is 25.4 Å². The van der Waals surface area contributed by atoms with Crippen molar-refractivity contribution < 1.29 is 24.2 Å². The fourth-order valence-electron chi connectivity index (χ4n) is 2.12. The molecule has 1 aliphatic carbocycles. The zero-order valence-electron chi connectivity index (χ0n) is 16.6. The van der Waals surface area contributed by atoms with Gasteiger partial charge in [-0.3, -0.25) is 9.78 Å². The van der Waals surface area contributed by atoms with E-state index in [0.29, 0.717) is 6.61 Å². The summed E-state index contributed by atoms with van der Waals surface area (Å²) in [5.41, 5.74) is 0.552. The Morgan fingerprint density at radius 2 is 1.93 bits per heavy atom. The summed E-state index contributed by atoms with van der Waals surface area (Å²) in [5, 5.41) is 18.3. The molecule has 28 heavy (non-hydrogen) atoms. The van der Waals surface area contributed by atoms with Crippen molar-refractivity contribution in [2.45, 2.75) is 26.7 Å². The van der Waals surface area contributed by atoms with Crippen LogP contribution in [0.5, 0.6) is 0 Å². The van der Waals surface area contributed by atoms with Gasteiger partial charge >= 0.3 is 5.97 Å². The SMILES string of the molecule is CCCCOC1=C(O)C(=O)C1=C(C#N)C(=O)OCC.CN(C)c1ccncc1. The molecule has 2 rings (SSSR count). The third-order valence-corrected chi connectivity index (χ3v) is 3.65. The number of aliphatic hydroxyl groups excluding tert-OH is 1. The maximum absolute atomic E-state index is 11.5. The second-order valence-corrected chi connectivity index (χ2v) is 5.89. The van der Waals surface area contributed by atoms with Crippen LogP contribution in [-0.4, -0.2) is 49.2 Å². The first-order chi connectivity index (χ1) is 13.4. The number of esters is 1. The third-order valence-electron chi connectivity index (χ3n) is 3.65. The average molecular weight is 387 g/mol. The first-order valence-electron chi connectivity index (χ1n) is 8.88. The number of hydrogen-bond donors (Lipinski definition) is 1. The van der Waals surface area contributed by atoms with Crippen LogP contribution in [0.4, 0.5) is 5.69 Å². The van der Waals surface area contributed by atoms with E-state index in [1.165, 1.54) is 5.69 Å². The van der Waals surface area contributed by atoms with Crippen molar-refractivity contribution >= 4 is 17.4 Å². The first kappa shape index (κ1) is 22.7. The molecule has 0 saturated carbocycles. The van der Waals surface area contributed by atoms with Crippen molar-refractivity contribution in [1.29, 1.82) is 5.26 Å². The molecule has 0 aromatic carbocycles. The number of unbranched alkanes of at least 4 members (excludes halogenated alkanes) is 1. The number of ether oxygens (including phenoxy) is 2. The van der Waals surface area contributed by atoms with Crippen molar-refractivity contribution in [3.63, 3.8) is 0 Å². The van der Waals surface area contributed by atoms with Crippen LogP contribution >= 0.6 is 0 Å². The van der Waals surface area contributed by atoms with Gasteiger partial charge in [0.05, 0.1) is 18.8 Å². The number of allylic oxidation sites excluding steroid dienone is 2. The summed E-state index contributed by atoms with van der Waals surface area (Å²) < 4.78 is 9.89. The number of Topliss-reactive ketones (excluding diaryl/α,β-unsaturated/α-hetero) is 1. The first-order valence-corrected chi connectivity index (χ1v) is 8.88. The maximum Gasteiger partial charge on any atom is 0.349 e. The van der Waals surface area contributed by atoms with E-state index >= 15 is 0 Å². The second kappa shape index (κ2) is 11.4. The Morgan fingerprint density at radius 3 is 2.39 bits per heavy atom. The molecule has 1 N–H and O–H groups in total. The van der Waals surface area contributed by atoms with E-state index in [0.717, 1.165) is 12.8 Å². The fourth-order valence-corrected chi connectivity index (χ4v) is 2.12. The standard InChI is InChI=1S/C13H15NO5.C7H10N2/c1-3-5-6-19-12-9(10(15)11(12)16)8(7-14)13(17)18-4-2;1-9(2)7-3-5-8-6-4-7/h16H,3-6H2,1-2H3;3-6H,1-2H3. The van der Waals surface area contributed by atoms with Crippen LogP contribution in [0.3, 0.4) is 0 Å². The zero-order chi connectivity index (χ0) is 21.1. The summed E-state index contributed by atoms with van der Waals surface area (Å²) >= 11 is 0. The highest BCUT2D eigenvalue weighted by molar-refractivity contribution is 6.21. The molecule has 0 bridgehead atoms. The van der Waals surface area contributed by atoms with Gasteiger partial charge in [-0.05, 0) is 25.5 Å². The number of pyridine rings is 1. The average Bonchev–Trinajstić information content (AvgIpc) is 2.71. The molecule has 0 unspecified atom stereocenters. The lowest BCUT2D eigenvalue weighted by Crippen LogP contribution is -2.28. The number of ketones is 1. The maximum atomic E-state index is 11.5. The van der Waals surface area contributed by atoms with Crippen LogP contribution in [0.25, 0.3) is 0 Å². The molecule has 0 saturated heterocycles. The van der Waals surface area contributed by atoms with Crippen molar-refractivity contribution in [2.75, 3.05) is 32.2 Å². The highest BCUT2D eigenvalue weighted by Gasteiger charge is 2.40. The minimum Gasteiger partial charge on any atom is -0.502 e. The summed E-state index contributed by atoms with van der Waals surface area (Å²) in [4.78, 5) is 29.0. The largest absolute Gasteiger partial charge is 0.502 e. The Bertz CT molecular complexity index is 792. The predicted octanol–water partition coefficient (Wildman–Crippen LogP) is 2.69. The molecular formula is C20H25N3O5. The summed E-state index contributed by atoms with van der Waals surface area (Å²) in [6, 6.07) is 5.56. The van der Waals surface area contributed by atoms with Gasteiger partial charge in [0.25, 0.3) is 0 Å². The summed E-state index contributed by atoms with van der Waals surface area (Å²) in [7, 11) is 4.02. The smallest absolute Gasteiger partial charge is 0.349 e.